The smallest absolute Gasteiger partial charge is 0.162 e. The molecule has 0 aromatic carbocycles. The summed E-state index contributed by atoms with van der Waals surface area (Å²) in [5.74, 6) is 1.42. The number of thiophene rings is 1. The van der Waals surface area contributed by atoms with Crippen molar-refractivity contribution >= 4 is 33.3 Å². The zero-order chi connectivity index (χ0) is 16.3. The van der Waals surface area contributed by atoms with Crippen molar-refractivity contribution < 1.29 is 5.11 Å². The maximum Gasteiger partial charge on any atom is 0.162 e. The Kier molecular flexibility index (Phi) is 3.19. The quantitative estimate of drug-likeness (QED) is 0.703. The van der Waals surface area contributed by atoms with Gasteiger partial charge in [0, 0.05) is 24.0 Å². The Labute approximate surface area is 146 Å². The second-order valence-electron chi connectivity index (χ2n) is 6.10. The Morgan fingerprint density at radius 3 is 2.96 bits per heavy atom. The van der Waals surface area contributed by atoms with Gasteiger partial charge in [0.25, 0.3) is 0 Å². The number of hydrogen-bond donors (Lipinski definition) is 2. The highest BCUT2D eigenvalue weighted by Gasteiger charge is 2.39. The molecule has 24 heavy (non-hydrogen) atoms. The number of rotatable bonds is 4. The predicted molar refractivity (Wildman–Crippen MR) is 97.9 cm³/mol. The molecule has 5 rings (SSSR count). The Morgan fingerprint density at radius 2 is 2.21 bits per heavy atom. The van der Waals surface area contributed by atoms with Gasteiger partial charge in [0.2, 0.25) is 0 Å². The average molecular weight is 359 g/mol. The van der Waals surface area contributed by atoms with Crippen LogP contribution >= 0.6 is 22.4 Å². The van der Waals surface area contributed by atoms with E-state index < -0.39 is 16.5 Å². The highest BCUT2D eigenvalue weighted by Crippen LogP contribution is 2.57. The molecule has 124 valence electrons. The number of hydrogen-bond acceptors (Lipinski definition) is 5. The third-order valence-corrected chi connectivity index (χ3v) is 8.21. The molecule has 2 atom stereocenters. The summed E-state index contributed by atoms with van der Waals surface area (Å²) in [6.07, 6.45) is 7.76. The minimum absolute atomic E-state index is 0.540. The van der Waals surface area contributed by atoms with E-state index in [9.17, 15) is 5.11 Å². The first-order chi connectivity index (χ1) is 11.7. The van der Waals surface area contributed by atoms with Crippen LogP contribution in [0.4, 0.5) is 5.82 Å². The third kappa shape index (κ3) is 2.17. The summed E-state index contributed by atoms with van der Waals surface area (Å²) in [5, 5.41) is 16.5. The van der Waals surface area contributed by atoms with Gasteiger partial charge in [-0.1, -0.05) is 11.1 Å². The molecule has 0 amide bonds. The van der Waals surface area contributed by atoms with Crippen LogP contribution in [-0.2, 0) is 7.05 Å². The number of thiol groups is 1. The first kappa shape index (κ1) is 14.4. The van der Waals surface area contributed by atoms with Crippen LogP contribution in [0.2, 0.25) is 0 Å². The van der Waals surface area contributed by atoms with Gasteiger partial charge >= 0.3 is 0 Å². The molecule has 3 aromatic rings. The van der Waals surface area contributed by atoms with E-state index in [0.29, 0.717) is 5.92 Å². The van der Waals surface area contributed by atoms with Crippen LogP contribution in [0.5, 0.6) is 0 Å². The summed E-state index contributed by atoms with van der Waals surface area (Å²) >= 11 is 0.722. The molecule has 0 saturated heterocycles. The van der Waals surface area contributed by atoms with Gasteiger partial charge in [-0.15, -0.1) is 11.3 Å². The van der Waals surface area contributed by atoms with Crippen molar-refractivity contribution in [1.82, 2.24) is 18.7 Å². The van der Waals surface area contributed by atoms with Crippen molar-refractivity contribution in [3.8, 4) is 10.6 Å². The van der Waals surface area contributed by atoms with E-state index in [4.69, 9.17) is 4.99 Å². The molecule has 1 fully saturated rings. The molecule has 0 spiro atoms. The van der Waals surface area contributed by atoms with E-state index in [1.54, 1.807) is 30.1 Å². The van der Waals surface area contributed by atoms with Gasteiger partial charge in [-0.05, 0) is 31.0 Å². The molecular weight excluding hydrogens is 342 g/mol. The molecule has 0 bridgehead atoms. The predicted octanol–water partition coefficient (Wildman–Crippen LogP) is 3.25. The van der Waals surface area contributed by atoms with Gasteiger partial charge < -0.3 is 5.11 Å². The molecule has 1 aliphatic carbocycles. The van der Waals surface area contributed by atoms with Gasteiger partial charge in [-0.2, -0.15) is 5.10 Å². The maximum atomic E-state index is 11.1. The van der Waals surface area contributed by atoms with E-state index in [0.717, 1.165) is 21.3 Å². The highest BCUT2D eigenvalue weighted by molar-refractivity contribution is 8.29. The van der Waals surface area contributed by atoms with Crippen molar-refractivity contribution in [2.75, 3.05) is 0 Å². The Balaban J connectivity index is 1.50. The summed E-state index contributed by atoms with van der Waals surface area (Å²) in [7, 11) is 1.93. The van der Waals surface area contributed by atoms with Gasteiger partial charge in [0.15, 0.2) is 5.82 Å². The number of aliphatic hydroxyl groups excluding tert-OH is 1. The first-order valence-electron chi connectivity index (χ1n) is 7.89. The summed E-state index contributed by atoms with van der Waals surface area (Å²) in [5.41, 5.74) is 0.527. The van der Waals surface area contributed by atoms with Gasteiger partial charge in [-0.25, -0.2) is 9.98 Å². The average Bonchev–Trinajstić information content (AvgIpc) is 2.99. The number of aliphatic imine (C=N–C) groups is 1. The normalized spacial score (nSPS) is 22.4. The van der Waals surface area contributed by atoms with Gasteiger partial charge in [-0.3, -0.25) is 8.65 Å². The lowest BCUT2D eigenvalue weighted by Gasteiger charge is -2.25. The third-order valence-electron chi connectivity index (χ3n) is 4.43. The van der Waals surface area contributed by atoms with E-state index in [2.05, 4.69) is 20.1 Å². The molecule has 8 heteroatoms. The lowest BCUT2D eigenvalue weighted by atomic mass is 10.3. The molecule has 2 unspecified atom stereocenters. The lowest BCUT2D eigenvalue weighted by Crippen LogP contribution is -2.10. The Hall–Kier alpha value is -1.90. The fraction of sp³-hybridized carbons (Fsp3) is 0.312. The fourth-order valence-electron chi connectivity index (χ4n) is 3.03. The van der Waals surface area contributed by atoms with Crippen LogP contribution < -0.4 is 0 Å². The number of aliphatic hydroxyl groups is 1. The molecule has 0 radical (unpaired) electrons. The van der Waals surface area contributed by atoms with E-state index >= 15 is 0 Å². The zero-order valence-corrected chi connectivity index (χ0v) is 14.8. The molecule has 1 N–H and O–H groups in total. The molecule has 6 nitrogen and oxygen atoms in total. The second kappa shape index (κ2) is 5.30. The molecule has 1 saturated carbocycles. The lowest BCUT2D eigenvalue weighted by molar-refractivity contribution is 0.272. The molecule has 4 heterocycles. The molecule has 2 aliphatic rings. The molecular formula is C16H17N5OS2. The summed E-state index contributed by atoms with van der Waals surface area (Å²) in [6, 6.07) is 6.09. The van der Waals surface area contributed by atoms with Crippen LogP contribution in [-0.4, -0.2) is 28.9 Å². The maximum absolute atomic E-state index is 11.1. The minimum atomic E-state index is -0.906. The standard InChI is InChI=1S/C16H17N5OS2/c1-20-11(6-7-18-20)12-4-5-13(23-12)16(22)24-15(10-2-3-10)19-14-8-17-9-21(14)24/h4-10,16,22,24H,2-3H2,1H3. The van der Waals surface area contributed by atoms with Crippen molar-refractivity contribution in [2.24, 2.45) is 18.0 Å². The second-order valence-corrected chi connectivity index (χ2v) is 9.28. The van der Waals surface area contributed by atoms with Gasteiger partial charge in [0.05, 0.1) is 21.8 Å². The van der Waals surface area contributed by atoms with Crippen LogP contribution in [0.3, 0.4) is 0 Å². The number of nitrogens with zero attached hydrogens (tertiary/aromatic N) is 5. The zero-order valence-electron chi connectivity index (χ0n) is 13.1. The summed E-state index contributed by atoms with van der Waals surface area (Å²) in [4.78, 5) is 11.0. The van der Waals surface area contributed by atoms with E-state index in [1.165, 1.54) is 17.9 Å². The number of aromatic nitrogens is 4. The Bertz CT molecular complexity index is 936. The highest BCUT2D eigenvalue weighted by atomic mass is 32.2. The fourth-order valence-corrected chi connectivity index (χ4v) is 6.79. The van der Waals surface area contributed by atoms with E-state index in [-0.39, 0.29) is 0 Å². The van der Waals surface area contributed by atoms with Crippen molar-refractivity contribution in [3.63, 3.8) is 0 Å². The van der Waals surface area contributed by atoms with Crippen LogP contribution in [0, 0.1) is 5.92 Å². The topological polar surface area (TPSA) is 68.2 Å². The summed E-state index contributed by atoms with van der Waals surface area (Å²) < 4.78 is 3.92. The number of fused-ring (bicyclic) bond motifs is 1. The van der Waals surface area contributed by atoms with Crippen LogP contribution in [0.25, 0.3) is 10.6 Å². The van der Waals surface area contributed by atoms with Gasteiger partial charge in [0.1, 0.15) is 11.8 Å². The van der Waals surface area contributed by atoms with Crippen LogP contribution in [0.1, 0.15) is 23.2 Å². The largest absolute Gasteiger partial charge is 0.377 e. The minimum Gasteiger partial charge on any atom is -0.377 e. The monoisotopic (exact) mass is 359 g/mol. The number of aryl methyl sites for hydroxylation is 1. The summed E-state index contributed by atoms with van der Waals surface area (Å²) in [6.45, 7) is 0. The SMILES string of the molecule is Cn1nccc1-c1ccc(C(O)[SH]2C(C3CC3)=Nc3cncn32)s1. The van der Waals surface area contributed by atoms with Crippen LogP contribution in [0.15, 0.2) is 41.9 Å². The molecule has 3 aromatic heterocycles. The van der Waals surface area contributed by atoms with Crippen molar-refractivity contribution in [1.29, 1.82) is 0 Å². The van der Waals surface area contributed by atoms with E-state index in [1.807, 2.05) is 23.9 Å². The number of imidazole rings is 1. The van der Waals surface area contributed by atoms with Crippen molar-refractivity contribution in [2.45, 2.75) is 18.3 Å². The first-order valence-corrected chi connectivity index (χ1v) is 10.1. The molecule has 1 aliphatic heterocycles. The van der Waals surface area contributed by atoms with Crippen molar-refractivity contribution in [3.05, 3.63) is 41.8 Å². The Morgan fingerprint density at radius 1 is 1.33 bits per heavy atom.